The molecule has 1 fully saturated rings. The Bertz CT molecular complexity index is 831. The van der Waals surface area contributed by atoms with Crippen LogP contribution in [-0.4, -0.2) is 29.2 Å². The number of carbonyl (C=O) groups is 3. The van der Waals surface area contributed by atoms with E-state index in [1.54, 1.807) is 13.0 Å². The predicted molar refractivity (Wildman–Crippen MR) is 87.4 cm³/mol. The van der Waals surface area contributed by atoms with E-state index in [1.807, 2.05) is 13.0 Å². The lowest BCUT2D eigenvalue weighted by molar-refractivity contribution is -0.130. The molecule has 24 heavy (non-hydrogen) atoms. The highest BCUT2D eigenvalue weighted by Crippen LogP contribution is 2.29. The van der Waals surface area contributed by atoms with Gasteiger partial charge in [-0.3, -0.25) is 14.5 Å². The molecule has 2 heterocycles. The van der Waals surface area contributed by atoms with Crippen molar-refractivity contribution in [2.75, 3.05) is 6.54 Å². The Kier molecular flexibility index (Phi) is 3.96. The van der Waals surface area contributed by atoms with E-state index in [9.17, 15) is 18.8 Å². The second kappa shape index (κ2) is 5.83. The molecule has 0 saturated carbocycles. The highest BCUT2D eigenvalue weighted by Gasteiger charge is 2.49. The lowest BCUT2D eigenvalue weighted by Gasteiger charge is -2.22. The van der Waals surface area contributed by atoms with Gasteiger partial charge in [0.2, 0.25) is 0 Å². The van der Waals surface area contributed by atoms with Gasteiger partial charge in [-0.05, 0) is 43.7 Å². The van der Waals surface area contributed by atoms with Gasteiger partial charge in [-0.15, -0.1) is 11.3 Å². The largest absolute Gasteiger partial charge is 0.325 e. The standard InChI is InChI=1S/C17H15FN2O3S/c1-10-3-8-14(24-10)13(21)9-20-15(22)17(2,19-16(20)23)11-4-6-12(18)7-5-11/h3-8H,9H2,1-2H3,(H,19,23). The zero-order valence-corrected chi connectivity index (χ0v) is 13.9. The predicted octanol–water partition coefficient (Wildman–Crippen LogP) is 2.85. The highest BCUT2D eigenvalue weighted by atomic mass is 32.1. The van der Waals surface area contributed by atoms with Crippen LogP contribution in [0.15, 0.2) is 36.4 Å². The minimum atomic E-state index is -1.31. The Morgan fingerprint density at radius 1 is 1.21 bits per heavy atom. The summed E-state index contributed by atoms with van der Waals surface area (Å²) in [4.78, 5) is 39.5. The van der Waals surface area contributed by atoms with Gasteiger partial charge in [0.25, 0.3) is 5.91 Å². The molecule has 0 radical (unpaired) electrons. The van der Waals surface area contributed by atoms with E-state index in [1.165, 1.54) is 35.6 Å². The average molecular weight is 346 g/mol. The minimum absolute atomic E-state index is 0.292. The van der Waals surface area contributed by atoms with E-state index in [2.05, 4.69) is 5.32 Å². The van der Waals surface area contributed by atoms with E-state index in [0.29, 0.717) is 10.4 Å². The number of amides is 3. The Balaban J connectivity index is 1.83. The van der Waals surface area contributed by atoms with Gasteiger partial charge < -0.3 is 5.32 Å². The van der Waals surface area contributed by atoms with Gasteiger partial charge in [0.1, 0.15) is 11.4 Å². The summed E-state index contributed by atoms with van der Waals surface area (Å²) in [6.45, 7) is 3.10. The summed E-state index contributed by atoms with van der Waals surface area (Å²) in [6.07, 6.45) is 0. The van der Waals surface area contributed by atoms with E-state index in [-0.39, 0.29) is 12.3 Å². The van der Waals surface area contributed by atoms with Crippen molar-refractivity contribution in [2.45, 2.75) is 19.4 Å². The summed E-state index contributed by atoms with van der Waals surface area (Å²) in [5.74, 6) is -1.25. The summed E-state index contributed by atoms with van der Waals surface area (Å²) in [6, 6.07) is 8.20. The number of imide groups is 1. The lowest BCUT2D eigenvalue weighted by atomic mass is 9.92. The van der Waals surface area contributed by atoms with Crippen molar-refractivity contribution in [3.05, 3.63) is 57.5 Å². The number of urea groups is 1. The first-order valence-corrected chi connectivity index (χ1v) is 8.13. The number of hydrogen-bond donors (Lipinski definition) is 1. The van der Waals surface area contributed by atoms with Crippen LogP contribution < -0.4 is 5.32 Å². The average Bonchev–Trinajstić information content (AvgIpc) is 3.06. The van der Waals surface area contributed by atoms with E-state index in [4.69, 9.17) is 0 Å². The Morgan fingerprint density at radius 2 is 1.88 bits per heavy atom. The van der Waals surface area contributed by atoms with Crippen molar-refractivity contribution in [2.24, 2.45) is 0 Å². The van der Waals surface area contributed by atoms with E-state index < -0.39 is 23.3 Å². The summed E-state index contributed by atoms with van der Waals surface area (Å²) in [5, 5.41) is 2.59. The van der Waals surface area contributed by atoms with Gasteiger partial charge in [-0.25, -0.2) is 9.18 Å². The fraction of sp³-hybridized carbons (Fsp3) is 0.235. The number of hydrogen-bond acceptors (Lipinski definition) is 4. The SMILES string of the molecule is Cc1ccc(C(=O)CN2C(=O)NC(C)(c3ccc(F)cc3)C2=O)s1. The number of aryl methyl sites for hydroxylation is 1. The molecule has 0 aliphatic carbocycles. The Morgan fingerprint density at radius 3 is 2.46 bits per heavy atom. The van der Waals surface area contributed by atoms with Crippen LogP contribution in [0.5, 0.6) is 0 Å². The molecule has 7 heteroatoms. The molecule has 1 atom stereocenters. The molecule has 3 amide bonds. The van der Waals surface area contributed by atoms with Crippen molar-refractivity contribution in [3.63, 3.8) is 0 Å². The second-order valence-electron chi connectivity index (χ2n) is 5.79. The summed E-state index contributed by atoms with van der Waals surface area (Å²) >= 11 is 1.32. The molecule has 1 aliphatic heterocycles. The number of nitrogens with one attached hydrogen (secondary N) is 1. The monoisotopic (exact) mass is 346 g/mol. The first kappa shape index (κ1) is 16.3. The number of halogens is 1. The fourth-order valence-corrected chi connectivity index (χ4v) is 3.42. The van der Waals surface area contributed by atoms with Crippen LogP contribution in [0.25, 0.3) is 0 Å². The third kappa shape index (κ3) is 2.71. The molecule has 0 spiro atoms. The molecule has 1 aliphatic rings. The number of ketones is 1. The molecule has 1 aromatic heterocycles. The molecular formula is C17H15FN2O3S. The molecule has 1 N–H and O–H groups in total. The maximum Gasteiger partial charge on any atom is 0.325 e. The van der Waals surface area contributed by atoms with Crippen molar-refractivity contribution in [3.8, 4) is 0 Å². The van der Waals surface area contributed by atoms with Gasteiger partial charge in [0, 0.05) is 4.88 Å². The number of Topliss-reactive ketones (excluding diaryl/α,β-unsaturated/α-hetero) is 1. The van der Waals surface area contributed by atoms with Crippen LogP contribution in [0.4, 0.5) is 9.18 Å². The Labute approximate surface area is 142 Å². The Hall–Kier alpha value is -2.54. The molecule has 1 aromatic carbocycles. The van der Waals surface area contributed by atoms with Crippen molar-refractivity contribution >= 4 is 29.1 Å². The maximum absolute atomic E-state index is 13.1. The molecule has 5 nitrogen and oxygen atoms in total. The van der Waals surface area contributed by atoms with Gasteiger partial charge in [0.15, 0.2) is 5.78 Å². The third-order valence-electron chi connectivity index (χ3n) is 4.01. The van der Waals surface area contributed by atoms with Gasteiger partial charge in [-0.1, -0.05) is 12.1 Å². The zero-order valence-electron chi connectivity index (χ0n) is 13.1. The number of rotatable bonds is 4. The first-order valence-electron chi connectivity index (χ1n) is 7.31. The quantitative estimate of drug-likeness (QED) is 0.684. The smallest absolute Gasteiger partial charge is 0.319 e. The van der Waals surface area contributed by atoms with Gasteiger partial charge in [-0.2, -0.15) is 0 Å². The van der Waals surface area contributed by atoms with E-state index >= 15 is 0 Å². The number of nitrogens with zero attached hydrogens (tertiary/aromatic N) is 1. The second-order valence-corrected chi connectivity index (χ2v) is 7.07. The molecule has 124 valence electrons. The summed E-state index contributed by atoms with van der Waals surface area (Å²) < 4.78 is 13.1. The topological polar surface area (TPSA) is 66.5 Å². The van der Waals surface area contributed by atoms with Crippen LogP contribution >= 0.6 is 11.3 Å². The van der Waals surface area contributed by atoms with Crippen LogP contribution in [-0.2, 0) is 10.3 Å². The molecular weight excluding hydrogens is 331 g/mol. The summed E-state index contributed by atoms with van der Waals surface area (Å²) in [5.41, 5.74) is -0.847. The molecule has 1 unspecified atom stereocenters. The lowest BCUT2D eigenvalue weighted by Crippen LogP contribution is -2.41. The molecule has 0 bridgehead atoms. The fourth-order valence-electron chi connectivity index (χ4n) is 2.63. The number of thiophene rings is 1. The third-order valence-corrected chi connectivity index (χ3v) is 5.06. The molecule has 2 aromatic rings. The molecule has 1 saturated heterocycles. The van der Waals surface area contributed by atoms with E-state index in [0.717, 1.165) is 9.78 Å². The number of carbonyl (C=O) groups excluding carboxylic acids is 3. The minimum Gasteiger partial charge on any atom is -0.319 e. The van der Waals surface area contributed by atoms with Crippen molar-refractivity contribution in [1.29, 1.82) is 0 Å². The van der Waals surface area contributed by atoms with Gasteiger partial charge >= 0.3 is 6.03 Å². The van der Waals surface area contributed by atoms with Crippen LogP contribution in [0.1, 0.15) is 27.0 Å². The first-order chi connectivity index (χ1) is 11.3. The van der Waals surface area contributed by atoms with Gasteiger partial charge in [0.05, 0.1) is 11.4 Å². The zero-order chi connectivity index (χ0) is 17.5. The molecule has 3 rings (SSSR count). The normalized spacial score (nSPS) is 20.4. The summed E-state index contributed by atoms with van der Waals surface area (Å²) in [7, 11) is 0. The highest BCUT2D eigenvalue weighted by molar-refractivity contribution is 7.14. The van der Waals surface area contributed by atoms with Crippen LogP contribution in [0, 0.1) is 12.7 Å². The maximum atomic E-state index is 13.1. The van der Waals surface area contributed by atoms with Crippen LogP contribution in [0.2, 0.25) is 0 Å². The van der Waals surface area contributed by atoms with Crippen molar-refractivity contribution in [1.82, 2.24) is 10.2 Å². The number of benzene rings is 1. The van der Waals surface area contributed by atoms with Crippen LogP contribution in [0.3, 0.4) is 0 Å². The van der Waals surface area contributed by atoms with Crippen molar-refractivity contribution < 1.29 is 18.8 Å².